The van der Waals surface area contributed by atoms with Crippen LogP contribution in [0.4, 0.5) is 0 Å². The minimum atomic E-state index is 0.373. The summed E-state index contributed by atoms with van der Waals surface area (Å²) in [5.74, 6) is 0.373. The van der Waals surface area contributed by atoms with E-state index in [2.05, 4.69) is 6.07 Å². The SMILES string of the molecule is NCCCc1cc2c(O)cccc2s1. The van der Waals surface area contributed by atoms with Crippen molar-refractivity contribution >= 4 is 21.4 Å². The van der Waals surface area contributed by atoms with Crippen molar-refractivity contribution in [3.63, 3.8) is 0 Å². The summed E-state index contributed by atoms with van der Waals surface area (Å²) in [6.07, 6.45) is 2.02. The van der Waals surface area contributed by atoms with Gasteiger partial charge in [-0.25, -0.2) is 0 Å². The molecule has 1 aromatic heterocycles. The van der Waals surface area contributed by atoms with Crippen LogP contribution in [0, 0.1) is 0 Å². The van der Waals surface area contributed by atoms with Crippen LogP contribution in [0.15, 0.2) is 24.3 Å². The number of hydrogen-bond donors (Lipinski definition) is 2. The molecule has 0 bridgehead atoms. The molecule has 0 saturated heterocycles. The zero-order chi connectivity index (χ0) is 9.97. The van der Waals surface area contributed by atoms with Gasteiger partial charge in [-0.2, -0.15) is 0 Å². The number of benzene rings is 1. The second-order valence-electron chi connectivity index (χ2n) is 3.29. The molecule has 0 unspecified atom stereocenters. The van der Waals surface area contributed by atoms with Crippen LogP contribution in [-0.4, -0.2) is 11.7 Å². The maximum Gasteiger partial charge on any atom is 0.124 e. The number of hydrogen-bond acceptors (Lipinski definition) is 3. The minimum Gasteiger partial charge on any atom is -0.507 e. The van der Waals surface area contributed by atoms with E-state index >= 15 is 0 Å². The molecule has 2 aromatic rings. The zero-order valence-corrected chi connectivity index (χ0v) is 8.68. The quantitative estimate of drug-likeness (QED) is 0.812. The fourth-order valence-corrected chi connectivity index (χ4v) is 2.62. The first-order chi connectivity index (χ1) is 6.81. The standard InChI is InChI=1S/C11H13NOS/c12-6-2-3-8-7-9-10(13)4-1-5-11(9)14-8/h1,4-5,7,13H,2-3,6,12H2. The van der Waals surface area contributed by atoms with E-state index in [1.807, 2.05) is 12.1 Å². The van der Waals surface area contributed by atoms with Gasteiger partial charge in [0, 0.05) is 15.0 Å². The van der Waals surface area contributed by atoms with Gasteiger partial charge >= 0.3 is 0 Å². The molecule has 0 saturated carbocycles. The highest BCUT2D eigenvalue weighted by molar-refractivity contribution is 7.19. The van der Waals surface area contributed by atoms with Gasteiger partial charge in [0.2, 0.25) is 0 Å². The summed E-state index contributed by atoms with van der Waals surface area (Å²) in [4.78, 5) is 1.30. The maximum absolute atomic E-state index is 9.59. The molecule has 0 aliphatic carbocycles. The molecule has 14 heavy (non-hydrogen) atoms. The Kier molecular flexibility index (Phi) is 2.70. The molecule has 3 N–H and O–H groups in total. The summed E-state index contributed by atoms with van der Waals surface area (Å²) in [5.41, 5.74) is 5.46. The zero-order valence-electron chi connectivity index (χ0n) is 7.86. The second-order valence-corrected chi connectivity index (χ2v) is 4.46. The number of aromatic hydroxyl groups is 1. The molecule has 0 radical (unpaired) electrons. The average molecular weight is 207 g/mol. The molecular formula is C11H13NOS. The lowest BCUT2D eigenvalue weighted by molar-refractivity contribution is 0.482. The van der Waals surface area contributed by atoms with E-state index in [0.29, 0.717) is 5.75 Å². The van der Waals surface area contributed by atoms with Crippen molar-refractivity contribution in [2.75, 3.05) is 6.54 Å². The third-order valence-corrected chi connectivity index (χ3v) is 3.38. The Bertz CT molecular complexity index is 436. The van der Waals surface area contributed by atoms with Crippen molar-refractivity contribution in [3.8, 4) is 5.75 Å². The summed E-state index contributed by atoms with van der Waals surface area (Å²) < 4.78 is 1.15. The van der Waals surface area contributed by atoms with Crippen LogP contribution >= 0.6 is 11.3 Å². The van der Waals surface area contributed by atoms with E-state index in [1.165, 1.54) is 4.88 Å². The van der Waals surface area contributed by atoms with E-state index in [0.717, 1.165) is 29.5 Å². The number of phenolic OH excluding ortho intramolecular Hbond substituents is 1. The van der Waals surface area contributed by atoms with Crippen molar-refractivity contribution in [2.24, 2.45) is 5.73 Å². The average Bonchev–Trinajstić information content (AvgIpc) is 2.59. The van der Waals surface area contributed by atoms with Crippen LogP contribution in [0.2, 0.25) is 0 Å². The predicted molar refractivity (Wildman–Crippen MR) is 60.9 cm³/mol. The third kappa shape index (κ3) is 1.74. The van der Waals surface area contributed by atoms with Crippen LogP contribution in [0.5, 0.6) is 5.75 Å². The largest absolute Gasteiger partial charge is 0.507 e. The molecule has 2 nitrogen and oxygen atoms in total. The van der Waals surface area contributed by atoms with Gasteiger partial charge in [0.25, 0.3) is 0 Å². The third-order valence-electron chi connectivity index (χ3n) is 2.22. The smallest absolute Gasteiger partial charge is 0.124 e. The molecule has 3 heteroatoms. The molecule has 0 spiro atoms. The van der Waals surface area contributed by atoms with Crippen LogP contribution < -0.4 is 5.73 Å². The summed E-state index contributed by atoms with van der Waals surface area (Å²) in [5, 5.41) is 10.6. The van der Waals surface area contributed by atoms with Crippen LogP contribution in [0.25, 0.3) is 10.1 Å². The van der Waals surface area contributed by atoms with Gasteiger partial charge in [-0.3, -0.25) is 0 Å². The summed E-state index contributed by atoms with van der Waals surface area (Å²) >= 11 is 1.74. The molecule has 0 fully saturated rings. The summed E-state index contributed by atoms with van der Waals surface area (Å²) in [6.45, 7) is 0.722. The number of aryl methyl sites for hydroxylation is 1. The number of rotatable bonds is 3. The highest BCUT2D eigenvalue weighted by Gasteiger charge is 2.04. The molecular weight excluding hydrogens is 194 g/mol. The van der Waals surface area contributed by atoms with Gasteiger partial charge in [-0.1, -0.05) is 6.07 Å². The van der Waals surface area contributed by atoms with E-state index in [9.17, 15) is 5.11 Å². The summed E-state index contributed by atoms with van der Waals surface area (Å²) in [7, 11) is 0. The Labute approximate surface area is 87.0 Å². The topological polar surface area (TPSA) is 46.2 Å². The first kappa shape index (κ1) is 9.49. The van der Waals surface area contributed by atoms with Crippen molar-refractivity contribution in [3.05, 3.63) is 29.1 Å². The van der Waals surface area contributed by atoms with Crippen LogP contribution in [0.3, 0.4) is 0 Å². The van der Waals surface area contributed by atoms with E-state index in [4.69, 9.17) is 5.73 Å². The van der Waals surface area contributed by atoms with Gasteiger partial charge < -0.3 is 10.8 Å². The Morgan fingerprint density at radius 3 is 2.93 bits per heavy atom. The fraction of sp³-hybridized carbons (Fsp3) is 0.273. The number of fused-ring (bicyclic) bond motifs is 1. The van der Waals surface area contributed by atoms with E-state index in [-0.39, 0.29) is 0 Å². The monoisotopic (exact) mass is 207 g/mol. The highest BCUT2D eigenvalue weighted by Crippen LogP contribution is 2.32. The Morgan fingerprint density at radius 2 is 2.21 bits per heavy atom. The number of phenols is 1. The molecule has 1 aromatic carbocycles. The van der Waals surface area contributed by atoms with E-state index in [1.54, 1.807) is 17.4 Å². The van der Waals surface area contributed by atoms with E-state index < -0.39 is 0 Å². The van der Waals surface area contributed by atoms with Gasteiger partial charge in [-0.15, -0.1) is 11.3 Å². The number of nitrogens with two attached hydrogens (primary N) is 1. The minimum absolute atomic E-state index is 0.373. The lowest BCUT2D eigenvalue weighted by atomic mass is 10.2. The van der Waals surface area contributed by atoms with Gasteiger partial charge in [0.05, 0.1) is 0 Å². The lowest BCUT2D eigenvalue weighted by Crippen LogP contribution is -1.99. The van der Waals surface area contributed by atoms with Crippen molar-refractivity contribution in [1.82, 2.24) is 0 Å². The molecule has 1 heterocycles. The molecule has 0 amide bonds. The van der Waals surface area contributed by atoms with Crippen LogP contribution in [0.1, 0.15) is 11.3 Å². The van der Waals surface area contributed by atoms with Gasteiger partial charge in [-0.05, 0) is 37.6 Å². The predicted octanol–water partition coefficient (Wildman–Crippen LogP) is 2.50. The first-order valence-electron chi connectivity index (χ1n) is 4.72. The Morgan fingerprint density at radius 1 is 1.36 bits per heavy atom. The Balaban J connectivity index is 2.36. The van der Waals surface area contributed by atoms with Crippen molar-refractivity contribution in [2.45, 2.75) is 12.8 Å². The second kappa shape index (κ2) is 3.98. The normalized spacial score (nSPS) is 10.9. The molecule has 74 valence electrons. The first-order valence-corrected chi connectivity index (χ1v) is 5.53. The molecule has 0 aliphatic heterocycles. The highest BCUT2D eigenvalue weighted by atomic mass is 32.1. The van der Waals surface area contributed by atoms with Gasteiger partial charge in [0.1, 0.15) is 5.75 Å². The molecule has 0 aliphatic rings. The maximum atomic E-state index is 9.59. The van der Waals surface area contributed by atoms with Crippen molar-refractivity contribution < 1.29 is 5.11 Å². The van der Waals surface area contributed by atoms with Crippen molar-refractivity contribution in [1.29, 1.82) is 0 Å². The Hall–Kier alpha value is -1.06. The summed E-state index contributed by atoms with van der Waals surface area (Å²) in [6, 6.07) is 7.69. The lowest BCUT2D eigenvalue weighted by Gasteiger charge is -1.91. The van der Waals surface area contributed by atoms with Gasteiger partial charge in [0.15, 0.2) is 0 Å². The molecule has 2 rings (SSSR count). The molecule has 0 atom stereocenters. The number of thiophene rings is 1. The fourth-order valence-electron chi connectivity index (χ4n) is 1.50. The van der Waals surface area contributed by atoms with Crippen LogP contribution in [-0.2, 0) is 6.42 Å².